The maximum atomic E-state index is 10.7. The van der Waals surface area contributed by atoms with E-state index >= 15 is 0 Å². The van der Waals surface area contributed by atoms with Gasteiger partial charge in [0.15, 0.2) is 0 Å². The molecule has 3 aromatic carbocycles. The fourth-order valence-corrected chi connectivity index (χ4v) is 3.10. The van der Waals surface area contributed by atoms with Crippen molar-refractivity contribution < 1.29 is 5.11 Å². The molecule has 0 saturated heterocycles. The second kappa shape index (κ2) is 8.39. The zero-order chi connectivity index (χ0) is 18.5. The average Bonchev–Trinajstić information content (AvgIpc) is 2.64. The number of hydrogen-bond donors (Lipinski definition) is 2. The number of nitrogens with one attached hydrogen (secondary N) is 1. The minimum Gasteiger partial charge on any atom is -0.388 e. The molecule has 0 aromatic heterocycles. The fourth-order valence-electron chi connectivity index (χ4n) is 2.97. The van der Waals surface area contributed by atoms with E-state index in [9.17, 15) is 5.11 Å². The molecule has 0 saturated carbocycles. The van der Waals surface area contributed by atoms with E-state index in [-0.39, 0.29) is 6.04 Å². The Morgan fingerprint density at radius 2 is 1.27 bits per heavy atom. The van der Waals surface area contributed by atoms with E-state index in [0.29, 0.717) is 11.4 Å². The lowest BCUT2D eigenvalue weighted by Crippen LogP contribution is -2.15. The Bertz CT molecular complexity index is 826. The van der Waals surface area contributed by atoms with Gasteiger partial charge >= 0.3 is 0 Å². The van der Waals surface area contributed by atoms with Crippen molar-refractivity contribution in [2.24, 2.45) is 0 Å². The van der Waals surface area contributed by atoms with E-state index in [1.54, 1.807) is 0 Å². The first kappa shape index (κ1) is 18.5. The molecule has 26 heavy (non-hydrogen) atoms. The first-order valence-corrected chi connectivity index (χ1v) is 9.22. The Hall–Kier alpha value is -2.29. The van der Waals surface area contributed by atoms with Gasteiger partial charge in [-0.25, -0.2) is 0 Å². The number of benzene rings is 3. The van der Waals surface area contributed by atoms with E-state index in [2.05, 4.69) is 67.7 Å². The lowest BCUT2D eigenvalue weighted by Gasteiger charge is -2.24. The van der Waals surface area contributed by atoms with Crippen LogP contribution < -0.4 is 5.32 Å². The van der Waals surface area contributed by atoms with Crippen LogP contribution in [0.3, 0.4) is 0 Å². The summed E-state index contributed by atoms with van der Waals surface area (Å²) in [5.74, 6) is 0. The summed E-state index contributed by atoms with van der Waals surface area (Å²) in [6, 6.07) is 24.2. The molecule has 0 heterocycles. The molecule has 2 nitrogen and oxygen atoms in total. The average molecular weight is 366 g/mol. The Morgan fingerprint density at radius 3 is 1.85 bits per heavy atom. The maximum absolute atomic E-state index is 10.7. The number of aliphatic hydroxyl groups is 1. The van der Waals surface area contributed by atoms with Gasteiger partial charge in [-0.15, -0.1) is 0 Å². The molecule has 134 valence electrons. The summed E-state index contributed by atoms with van der Waals surface area (Å²) in [6.07, 6.45) is -0.00464. The number of halogens is 1. The van der Waals surface area contributed by atoms with Crippen LogP contribution in [0.25, 0.3) is 0 Å². The summed E-state index contributed by atoms with van der Waals surface area (Å²) in [6.45, 7) is 4.15. The molecule has 2 unspecified atom stereocenters. The predicted octanol–water partition coefficient (Wildman–Crippen LogP) is 6.23. The molecule has 0 aliphatic heterocycles. The van der Waals surface area contributed by atoms with Gasteiger partial charge in [-0.05, 0) is 49.2 Å². The second-order valence-corrected chi connectivity index (χ2v) is 7.21. The molecule has 0 aliphatic carbocycles. The Kier molecular flexibility index (Phi) is 5.97. The van der Waals surface area contributed by atoms with E-state index in [0.717, 1.165) is 16.8 Å². The predicted molar refractivity (Wildman–Crippen MR) is 110 cm³/mol. The van der Waals surface area contributed by atoms with Gasteiger partial charge < -0.3 is 10.4 Å². The van der Waals surface area contributed by atoms with Crippen LogP contribution in [-0.2, 0) is 0 Å². The molecule has 0 bridgehead atoms. The highest BCUT2D eigenvalue weighted by atomic mass is 35.5. The van der Waals surface area contributed by atoms with Crippen molar-refractivity contribution >= 4 is 17.3 Å². The first-order chi connectivity index (χ1) is 12.5. The van der Waals surface area contributed by atoms with E-state index in [1.165, 1.54) is 11.1 Å². The molecule has 3 heteroatoms. The summed E-state index contributed by atoms with van der Waals surface area (Å²) in [5, 5.41) is 15.0. The summed E-state index contributed by atoms with van der Waals surface area (Å²) in [5.41, 5.74) is 5.52. The third-order valence-corrected chi connectivity index (χ3v) is 4.84. The van der Waals surface area contributed by atoms with Crippen LogP contribution in [-0.4, -0.2) is 5.11 Å². The van der Waals surface area contributed by atoms with Crippen molar-refractivity contribution in [1.82, 2.24) is 0 Å². The lowest BCUT2D eigenvalue weighted by molar-refractivity contribution is 0.160. The highest BCUT2D eigenvalue weighted by Gasteiger charge is 2.18. The first-order valence-electron chi connectivity index (χ1n) is 8.84. The van der Waals surface area contributed by atoms with Crippen LogP contribution in [0, 0.1) is 13.8 Å². The molecule has 3 rings (SSSR count). The molecular weight excluding hydrogens is 342 g/mol. The summed E-state index contributed by atoms with van der Waals surface area (Å²) in [4.78, 5) is 0. The standard InChI is InChI=1S/C23H24ClNO/c1-16-3-7-18(8-4-16)22(25-21-13-5-17(2)6-14-21)15-23(26)19-9-11-20(24)12-10-19/h3-14,22-23,25-26H,15H2,1-2H3. The van der Waals surface area contributed by atoms with Gasteiger partial charge in [0.2, 0.25) is 0 Å². The van der Waals surface area contributed by atoms with Gasteiger partial charge in [-0.3, -0.25) is 0 Å². The Morgan fingerprint density at radius 1 is 0.769 bits per heavy atom. The van der Waals surface area contributed by atoms with Gasteiger partial charge in [0, 0.05) is 17.1 Å². The molecule has 0 amide bonds. The minimum atomic E-state index is -0.573. The Labute approximate surface area is 160 Å². The summed E-state index contributed by atoms with van der Waals surface area (Å²) < 4.78 is 0. The molecule has 0 radical (unpaired) electrons. The van der Waals surface area contributed by atoms with Crippen molar-refractivity contribution in [3.63, 3.8) is 0 Å². The highest BCUT2D eigenvalue weighted by molar-refractivity contribution is 6.30. The molecule has 3 aromatic rings. The SMILES string of the molecule is Cc1ccc(NC(CC(O)c2ccc(Cl)cc2)c2ccc(C)cc2)cc1. The van der Waals surface area contributed by atoms with Crippen molar-refractivity contribution in [3.8, 4) is 0 Å². The van der Waals surface area contributed by atoms with Gasteiger partial charge in [0.05, 0.1) is 12.1 Å². The fraction of sp³-hybridized carbons (Fsp3) is 0.217. The summed E-state index contributed by atoms with van der Waals surface area (Å²) >= 11 is 5.96. The Balaban J connectivity index is 1.83. The van der Waals surface area contributed by atoms with Gasteiger partial charge in [-0.1, -0.05) is 71.3 Å². The molecule has 2 N–H and O–H groups in total. The van der Waals surface area contributed by atoms with Crippen molar-refractivity contribution in [2.45, 2.75) is 32.4 Å². The largest absolute Gasteiger partial charge is 0.388 e. The molecule has 2 atom stereocenters. The quantitative estimate of drug-likeness (QED) is 0.542. The minimum absolute atomic E-state index is 0.00369. The number of hydrogen-bond acceptors (Lipinski definition) is 2. The van der Waals surface area contributed by atoms with Crippen molar-refractivity contribution in [3.05, 3.63) is 100 Å². The molecule has 0 spiro atoms. The zero-order valence-electron chi connectivity index (χ0n) is 15.1. The highest BCUT2D eigenvalue weighted by Crippen LogP contribution is 2.30. The van der Waals surface area contributed by atoms with Crippen LogP contribution in [0.4, 0.5) is 5.69 Å². The van der Waals surface area contributed by atoms with E-state index in [1.807, 2.05) is 24.3 Å². The second-order valence-electron chi connectivity index (χ2n) is 6.78. The third kappa shape index (κ3) is 4.87. The molecule has 0 aliphatic rings. The summed E-state index contributed by atoms with van der Waals surface area (Å²) in [7, 11) is 0. The van der Waals surface area contributed by atoms with Crippen molar-refractivity contribution in [2.75, 3.05) is 5.32 Å². The van der Waals surface area contributed by atoms with Crippen LogP contribution in [0.2, 0.25) is 5.02 Å². The number of rotatable bonds is 6. The van der Waals surface area contributed by atoms with Gasteiger partial charge in [-0.2, -0.15) is 0 Å². The topological polar surface area (TPSA) is 32.3 Å². The normalized spacial score (nSPS) is 13.2. The van der Waals surface area contributed by atoms with Crippen LogP contribution in [0.15, 0.2) is 72.8 Å². The zero-order valence-corrected chi connectivity index (χ0v) is 15.9. The van der Waals surface area contributed by atoms with Gasteiger partial charge in [0.1, 0.15) is 0 Å². The van der Waals surface area contributed by atoms with E-state index < -0.39 is 6.10 Å². The number of aryl methyl sites for hydroxylation is 2. The van der Waals surface area contributed by atoms with Crippen LogP contribution in [0.5, 0.6) is 0 Å². The number of aliphatic hydroxyl groups excluding tert-OH is 1. The number of anilines is 1. The van der Waals surface area contributed by atoms with E-state index in [4.69, 9.17) is 11.6 Å². The molecule has 0 fully saturated rings. The van der Waals surface area contributed by atoms with Gasteiger partial charge in [0.25, 0.3) is 0 Å². The monoisotopic (exact) mass is 365 g/mol. The smallest absolute Gasteiger partial charge is 0.0813 e. The third-order valence-electron chi connectivity index (χ3n) is 4.59. The van der Waals surface area contributed by atoms with Crippen LogP contribution in [0.1, 0.15) is 40.8 Å². The van der Waals surface area contributed by atoms with Crippen LogP contribution >= 0.6 is 11.6 Å². The van der Waals surface area contributed by atoms with Crippen molar-refractivity contribution in [1.29, 1.82) is 0 Å². The maximum Gasteiger partial charge on any atom is 0.0813 e. The molecular formula is C23H24ClNO. The lowest BCUT2D eigenvalue weighted by atomic mass is 9.95.